The molecule has 1 atom stereocenters. The summed E-state index contributed by atoms with van der Waals surface area (Å²) in [6.07, 6.45) is 0. The van der Waals surface area contributed by atoms with Crippen LogP contribution in [0, 0.1) is 17.0 Å². The van der Waals surface area contributed by atoms with Crippen molar-refractivity contribution in [2.75, 3.05) is 0 Å². The molecule has 1 aromatic rings. The first kappa shape index (κ1) is 17.3. The molecule has 0 radical (unpaired) electrons. The van der Waals surface area contributed by atoms with Gasteiger partial charge in [0.2, 0.25) is 10.3 Å². The van der Waals surface area contributed by atoms with E-state index in [1.807, 2.05) is 0 Å². The van der Waals surface area contributed by atoms with Crippen molar-refractivity contribution in [1.29, 1.82) is 0 Å². The monoisotopic (exact) mass is 313 g/mol. The number of nitro groups is 1. The number of hydrogen-bond donors (Lipinski definition) is 0. The molecule has 0 amide bonds. The quantitative estimate of drug-likeness (QED) is 0.613. The van der Waals surface area contributed by atoms with Gasteiger partial charge in [0.05, 0.1) is 4.90 Å². The van der Waals surface area contributed by atoms with Crippen molar-refractivity contribution in [3.63, 3.8) is 0 Å². The fraction of sp³-hybridized carbons (Fsp3) is 0.500. The van der Waals surface area contributed by atoms with Crippen molar-refractivity contribution in [3.8, 4) is 0 Å². The first-order valence-corrected chi connectivity index (χ1v) is 7.84. The molecule has 0 aliphatic heterocycles. The second-order valence-corrected chi connectivity index (χ2v) is 8.02. The van der Waals surface area contributed by atoms with E-state index in [2.05, 4.69) is 0 Å². The first-order chi connectivity index (χ1) is 9.39. The third-order valence-electron chi connectivity index (χ3n) is 4.16. The standard InChI is InChI=1S/C14H19NO5S/c1-10-6-8-12(9-7-10)21(19,20)14(5,11(2)16)13(3,4)15(17)18/h6-9H,1-5H3. The van der Waals surface area contributed by atoms with Crippen LogP contribution in [0.25, 0.3) is 0 Å². The summed E-state index contributed by atoms with van der Waals surface area (Å²) in [5.74, 6) is -0.759. The maximum atomic E-state index is 12.8. The fourth-order valence-corrected chi connectivity index (χ4v) is 4.15. The zero-order valence-electron chi connectivity index (χ0n) is 12.7. The fourth-order valence-electron chi connectivity index (χ4n) is 2.08. The minimum Gasteiger partial charge on any atom is -0.298 e. The maximum Gasteiger partial charge on any atom is 0.243 e. The summed E-state index contributed by atoms with van der Waals surface area (Å²) in [7, 11) is -4.21. The maximum absolute atomic E-state index is 12.8. The molecule has 1 unspecified atom stereocenters. The Labute approximate surface area is 124 Å². The largest absolute Gasteiger partial charge is 0.298 e. The van der Waals surface area contributed by atoms with Gasteiger partial charge in [-0.15, -0.1) is 0 Å². The molecule has 0 spiro atoms. The zero-order valence-corrected chi connectivity index (χ0v) is 13.5. The third kappa shape index (κ3) is 2.46. The minimum atomic E-state index is -4.21. The Balaban J connectivity index is 3.66. The minimum absolute atomic E-state index is 0.0966. The number of nitrogens with zero attached hydrogens (tertiary/aromatic N) is 1. The molecular formula is C14H19NO5S. The van der Waals surface area contributed by atoms with Crippen LogP contribution in [0.15, 0.2) is 29.2 Å². The molecule has 0 fully saturated rings. The zero-order chi connectivity index (χ0) is 16.6. The summed E-state index contributed by atoms with van der Waals surface area (Å²) < 4.78 is 23.5. The SMILES string of the molecule is CC(=O)C(C)(C(C)(C)[N+](=O)[O-])S(=O)(=O)c1ccc(C)cc1. The van der Waals surface area contributed by atoms with Crippen LogP contribution in [0.2, 0.25) is 0 Å². The van der Waals surface area contributed by atoms with Gasteiger partial charge in [0.25, 0.3) is 0 Å². The molecule has 0 aliphatic carbocycles. The molecule has 0 N–H and O–H groups in total. The molecule has 7 heteroatoms. The van der Waals surface area contributed by atoms with Crippen LogP contribution in [0.3, 0.4) is 0 Å². The van der Waals surface area contributed by atoms with Gasteiger partial charge in [0.15, 0.2) is 15.6 Å². The highest BCUT2D eigenvalue weighted by Crippen LogP contribution is 2.38. The van der Waals surface area contributed by atoms with Gasteiger partial charge >= 0.3 is 0 Å². The van der Waals surface area contributed by atoms with Crippen molar-refractivity contribution in [2.45, 2.75) is 49.8 Å². The smallest absolute Gasteiger partial charge is 0.243 e. The second kappa shape index (κ2) is 5.22. The van der Waals surface area contributed by atoms with Crippen molar-refractivity contribution < 1.29 is 18.1 Å². The number of aryl methyl sites for hydroxylation is 1. The Kier molecular flexibility index (Phi) is 4.29. The van der Waals surface area contributed by atoms with Crippen LogP contribution in [0.5, 0.6) is 0 Å². The van der Waals surface area contributed by atoms with Crippen LogP contribution >= 0.6 is 0 Å². The molecule has 1 aromatic carbocycles. The van der Waals surface area contributed by atoms with Crippen molar-refractivity contribution in [1.82, 2.24) is 0 Å². The van der Waals surface area contributed by atoms with Crippen LogP contribution in [0.4, 0.5) is 0 Å². The predicted molar refractivity (Wildman–Crippen MR) is 78.5 cm³/mol. The number of rotatable bonds is 5. The Bertz CT molecular complexity index is 676. The molecule has 1 rings (SSSR count). The van der Waals surface area contributed by atoms with Crippen molar-refractivity contribution in [2.24, 2.45) is 0 Å². The van der Waals surface area contributed by atoms with Gasteiger partial charge in [0, 0.05) is 18.8 Å². The number of carbonyl (C=O) groups is 1. The van der Waals surface area contributed by atoms with Gasteiger partial charge in [-0.1, -0.05) is 17.7 Å². The van der Waals surface area contributed by atoms with Gasteiger partial charge in [-0.05, 0) is 32.9 Å². The van der Waals surface area contributed by atoms with Gasteiger partial charge in [-0.2, -0.15) is 0 Å². The van der Waals surface area contributed by atoms with E-state index in [-0.39, 0.29) is 4.90 Å². The Morgan fingerprint density at radius 3 is 1.90 bits per heavy atom. The summed E-state index contributed by atoms with van der Waals surface area (Å²) in [4.78, 5) is 22.5. The second-order valence-electron chi connectivity index (χ2n) is 5.72. The molecule has 0 saturated heterocycles. The van der Waals surface area contributed by atoms with Crippen LogP contribution in [0.1, 0.15) is 33.3 Å². The van der Waals surface area contributed by atoms with E-state index >= 15 is 0 Å². The summed E-state index contributed by atoms with van der Waals surface area (Å²) in [5, 5.41) is 11.3. The number of ketones is 1. The average Bonchev–Trinajstić information content (AvgIpc) is 2.37. The number of benzene rings is 1. The highest BCUT2D eigenvalue weighted by molar-refractivity contribution is 7.93. The summed E-state index contributed by atoms with van der Waals surface area (Å²) in [5.41, 5.74) is -1.10. The van der Waals surface area contributed by atoms with Gasteiger partial charge < -0.3 is 0 Å². The molecule has 0 heterocycles. The highest BCUT2D eigenvalue weighted by atomic mass is 32.2. The summed E-state index contributed by atoms with van der Waals surface area (Å²) in [6.45, 7) is 6.28. The van der Waals surface area contributed by atoms with Gasteiger partial charge in [-0.3, -0.25) is 14.9 Å². The lowest BCUT2D eigenvalue weighted by Gasteiger charge is -2.34. The van der Waals surface area contributed by atoms with Gasteiger partial charge in [0.1, 0.15) is 0 Å². The molecule has 0 bridgehead atoms. The molecule has 116 valence electrons. The normalized spacial score (nSPS) is 15.3. The Morgan fingerprint density at radius 1 is 1.14 bits per heavy atom. The first-order valence-electron chi connectivity index (χ1n) is 6.36. The van der Waals surface area contributed by atoms with Crippen LogP contribution in [-0.2, 0) is 14.6 Å². The van der Waals surface area contributed by atoms with Crippen molar-refractivity contribution in [3.05, 3.63) is 39.9 Å². The van der Waals surface area contributed by atoms with Crippen LogP contribution < -0.4 is 0 Å². The van der Waals surface area contributed by atoms with E-state index in [1.165, 1.54) is 12.1 Å². The van der Waals surface area contributed by atoms with E-state index in [9.17, 15) is 23.3 Å². The topological polar surface area (TPSA) is 94.3 Å². The van der Waals surface area contributed by atoms with Crippen LogP contribution in [-0.4, -0.2) is 29.4 Å². The van der Waals surface area contributed by atoms with Gasteiger partial charge in [-0.25, -0.2) is 8.42 Å². The molecule has 0 aromatic heterocycles. The number of Topliss-reactive ketones (excluding diaryl/α,β-unsaturated/α-hetero) is 1. The predicted octanol–water partition coefficient (Wildman–Crippen LogP) is 2.17. The summed E-state index contributed by atoms with van der Waals surface area (Å²) >= 11 is 0. The Morgan fingerprint density at radius 2 is 1.57 bits per heavy atom. The number of hydrogen-bond acceptors (Lipinski definition) is 5. The van der Waals surface area contributed by atoms with E-state index in [1.54, 1.807) is 19.1 Å². The lowest BCUT2D eigenvalue weighted by molar-refractivity contribution is -0.563. The lowest BCUT2D eigenvalue weighted by Crippen LogP contribution is -2.61. The average molecular weight is 313 g/mol. The number of sulfone groups is 1. The Hall–Kier alpha value is -1.76. The van der Waals surface area contributed by atoms with E-state index in [4.69, 9.17) is 0 Å². The van der Waals surface area contributed by atoms with E-state index in [0.29, 0.717) is 0 Å². The lowest BCUT2D eigenvalue weighted by atomic mass is 9.86. The van der Waals surface area contributed by atoms with Crippen molar-refractivity contribution >= 4 is 15.6 Å². The molecule has 0 saturated carbocycles. The molecular weight excluding hydrogens is 294 g/mol. The highest BCUT2D eigenvalue weighted by Gasteiger charge is 2.63. The molecule has 21 heavy (non-hydrogen) atoms. The molecule has 0 aliphatic rings. The van der Waals surface area contributed by atoms with E-state index < -0.39 is 30.8 Å². The molecule has 6 nitrogen and oxygen atoms in total. The van der Waals surface area contributed by atoms with E-state index in [0.717, 1.165) is 33.3 Å². The third-order valence-corrected chi connectivity index (χ3v) is 6.92. The number of carbonyl (C=O) groups excluding carboxylic acids is 1. The summed E-state index contributed by atoms with van der Waals surface area (Å²) in [6, 6.07) is 5.91.